The summed E-state index contributed by atoms with van der Waals surface area (Å²) in [5, 5.41) is 0. The van der Waals surface area contributed by atoms with Gasteiger partial charge in [0.1, 0.15) is 0 Å². The summed E-state index contributed by atoms with van der Waals surface area (Å²) in [7, 11) is -9.32. The zero-order valence-electron chi connectivity index (χ0n) is 16.1. The van der Waals surface area contributed by atoms with Crippen molar-refractivity contribution < 1.29 is 57.8 Å². The lowest BCUT2D eigenvalue weighted by Crippen LogP contribution is -2.68. The molecule has 0 radical (unpaired) electrons. The largest absolute Gasteiger partial charge is 0.222 e. The van der Waals surface area contributed by atoms with E-state index in [2.05, 4.69) is 62.4 Å². The SMILES string of the molecule is CCCC1(C)C[S+]2c3ccccc3[S+]1c1ccccc12.[O-][Cl+3]([O-])([O-])[O-].[O-][Cl+3]([O-])([O-])[O-]. The Morgan fingerprint density at radius 1 is 0.733 bits per heavy atom. The van der Waals surface area contributed by atoms with Gasteiger partial charge in [-0.3, -0.25) is 0 Å². The molecule has 3 aliphatic rings. The van der Waals surface area contributed by atoms with Crippen LogP contribution in [0.4, 0.5) is 0 Å². The van der Waals surface area contributed by atoms with E-state index in [4.69, 9.17) is 37.3 Å². The van der Waals surface area contributed by atoms with Crippen molar-refractivity contribution in [1.29, 1.82) is 0 Å². The molecule has 3 aliphatic heterocycles. The second kappa shape index (κ2) is 9.90. The molecule has 3 heterocycles. The van der Waals surface area contributed by atoms with Crippen LogP contribution in [0.5, 0.6) is 0 Å². The summed E-state index contributed by atoms with van der Waals surface area (Å²) in [6, 6.07) is 18.4. The van der Waals surface area contributed by atoms with Gasteiger partial charge >= 0.3 is 0 Å². The minimum atomic E-state index is -4.94. The van der Waals surface area contributed by atoms with E-state index in [-0.39, 0.29) is 10.9 Å². The second-order valence-electron chi connectivity index (χ2n) is 6.69. The third-order valence-corrected chi connectivity index (χ3v) is 10.5. The molecule has 1 atom stereocenters. The molecule has 0 aliphatic carbocycles. The molecule has 0 saturated carbocycles. The molecule has 0 aromatic heterocycles. The van der Waals surface area contributed by atoms with Gasteiger partial charge in [-0.1, -0.05) is 37.6 Å². The highest BCUT2D eigenvalue weighted by Crippen LogP contribution is 2.54. The Hall–Kier alpha value is -0.600. The Morgan fingerprint density at radius 2 is 1.07 bits per heavy atom. The molecule has 5 rings (SSSR count). The first-order chi connectivity index (χ1) is 13.7. The number of hydrogen-bond donors (Lipinski definition) is 0. The van der Waals surface area contributed by atoms with Crippen molar-refractivity contribution in [2.75, 3.05) is 5.75 Å². The van der Waals surface area contributed by atoms with Gasteiger partial charge in [-0.15, -0.1) is 20.5 Å². The van der Waals surface area contributed by atoms with Crippen LogP contribution < -0.4 is 37.3 Å². The van der Waals surface area contributed by atoms with Crippen molar-refractivity contribution in [2.24, 2.45) is 0 Å². The maximum Gasteiger partial charge on any atom is 0.216 e. The second-order valence-corrected chi connectivity index (χ2v) is 12.6. The molecule has 0 saturated heterocycles. The molecule has 2 aromatic carbocycles. The topological polar surface area (TPSA) is 184 Å². The molecule has 0 N–H and O–H groups in total. The summed E-state index contributed by atoms with van der Waals surface area (Å²) in [5.74, 6) is 1.36. The van der Waals surface area contributed by atoms with Crippen LogP contribution in [-0.2, 0) is 21.8 Å². The molecule has 8 nitrogen and oxygen atoms in total. The van der Waals surface area contributed by atoms with E-state index in [9.17, 15) is 0 Å². The van der Waals surface area contributed by atoms with Gasteiger partial charge in [0.25, 0.3) is 0 Å². The predicted octanol–water partition coefficient (Wildman–Crippen LogP) is -4.87. The van der Waals surface area contributed by atoms with E-state index in [1.54, 1.807) is 19.6 Å². The van der Waals surface area contributed by atoms with Gasteiger partial charge < -0.3 is 0 Å². The van der Waals surface area contributed by atoms with Crippen molar-refractivity contribution in [3.8, 4) is 0 Å². The van der Waals surface area contributed by atoms with Crippen molar-refractivity contribution in [1.82, 2.24) is 0 Å². The van der Waals surface area contributed by atoms with Gasteiger partial charge in [0.15, 0.2) is 10.5 Å². The standard InChI is InChI=1S/C18H20S2.2ClHO4/c1-3-12-18(2)13-19-14-8-4-6-10-16(14)20(18)17-11-7-5-9-15(17)19;2*2-1(3,4)5/h4-11H,3,12-13H2,1-2H3;2*(H,2,3,4,5)/q+2;;/p-2. The number of hydrogen-bond acceptors (Lipinski definition) is 8. The Balaban J connectivity index is 0.000000271. The average molecular weight is 499 g/mol. The minimum Gasteiger partial charge on any atom is -0.222 e. The fourth-order valence-electron chi connectivity index (χ4n) is 3.64. The Kier molecular flexibility index (Phi) is 8.47. The van der Waals surface area contributed by atoms with E-state index in [1.165, 1.54) is 18.6 Å². The van der Waals surface area contributed by atoms with E-state index < -0.39 is 20.5 Å². The van der Waals surface area contributed by atoms with Crippen LogP contribution in [0.25, 0.3) is 0 Å². The molecule has 166 valence electrons. The van der Waals surface area contributed by atoms with Crippen molar-refractivity contribution in [3.63, 3.8) is 0 Å². The van der Waals surface area contributed by atoms with Crippen LogP contribution >= 0.6 is 0 Å². The molecule has 0 fully saturated rings. The Labute approximate surface area is 184 Å². The van der Waals surface area contributed by atoms with Crippen LogP contribution in [0.15, 0.2) is 68.1 Å². The van der Waals surface area contributed by atoms with E-state index in [0.29, 0.717) is 15.6 Å². The highest BCUT2D eigenvalue weighted by molar-refractivity contribution is 8.06. The minimum absolute atomic E-state index is 0.268. The lowest BCUT2D eigenvalue weighted by molar-refractivity contribution is -2.00. The zero-order chi connectivity index (χ0) is 22.7. The van der Waals surface area contributed by atoms with Gasteiger partial charge in [0.2, 0.25) is 19.6 Å². The molecular weight excluding hydrogens is 479 g/mol. The quantitative estimate of drug-likeness (QED) is 0.368. The van der Waals surface area contributed by atoms with Gasteiger partial charge in [-0.2, -0.15) is 0 Å². The van der Waals surface area contributed by atoms with Crippen LogP contribution in [0.2, 0.25) is 0 Å². The summed E-state index contributed by atoms with van der Waals surface area (Å²) < 4.78 is 68.4. The van der Waals surface area contributed by atoms with Crippen molar-refractivity contribution in [2.45, 2.75) is 51.0 Å². The molecule has 30 heavy (non-hydrogen) atoms. The monoisotopic (exact) mass is 498 g/mol. The van der Waals surface area contributed by atoms with Crippen LogP contribution in [0.1, 0.15) is 26.7 Å². The Morgan fingerprint density at radius 3 is 1.40 bits per heavy atom. The van der Waals surface area contributed by atoms with Crippen LogP contribution in [-0.4, -0.2) is 10.5 Å². The molecular formula is C18H20Cl2O8S2. The fourth-order valence-corrected chi connectivity index (χ4v) is 10.6. The van der Waals surface area contributed by atoms with Gasteiger partial charge in [0.05, 0.1) is 21.8 Å². The highest BCUT2D eigenvalue weighted by Gasteiger charge is 2.65. The van der Waals surface area contributed by atoms with Crippen molar-refractivity contribution >= 4 is 21.8 Å². The van der Waals surface area contributed by atoms with Gasteiger partial charge in [-0.25, -0.2) is 37.3 Å². The number of rotatable bonds is 2. The lowest BCUT2D eigenvalue weighted by atomic mass is 10.1. The number of halogens is 2. The molecule has 2 aromatic rings. The molecule has 12 heteroatoms. The smallest absolute Gasteiger partial charge is 0.216 e. The third-order valence-electron chi connectivity index (χ3n) is 4.39. The first kappa shape index (κ1) is 25.7. The van der Waals surface area contributed by atoms with E-state index >= 15 is 0 Å². The summed E-state index contributed by atoms with van der Waals surface area (Å²) in [6.45, 7) is 4.87. The van der Waals surface area contributed by atoms with Crippen LogP contribution in [0.3, 0.4) is 0 Å². The maximum atomic E-state index is 8.49. The summed E-state index contributed by atoms with van der Waals surface area (Å²) >= 11 is 0. The fraction of sp³-hybridized carbons (Fsp3) is 0.333. The number of benzene rings is 2. The summed E-state index contributed by atoms with van der Waals surface area (Å²) in [5.41, 5.74) is 0. The maximum absolute atomic E-state index is 8.49. The highest BCUT2D eigenvalue weighted by atomic mass is 35.7. The number of fused-ring (bicyclic) bond motifs is 1. The zero-order valence-corrected chi connectivity index (χ0v) is 19.2. The third kappa shape index (κ3) is 6.95. The molecule has 1 unspecified atom stereocenters. The van der Waals surface area contributed by atoms with Crippen LogP contribution in [0, 0.1) is 20.5 Å². The average Bonchev–Trinajstić information content (AvgIpc) is 2.59. The first-order valence-electron chi connectivity index (χ1n) is 8.61. The van der Waals surface area contributed by atoms with Crippen molar-refractivity contribution in [3.05, 3.63) is 48.5 Å². The Bertz CT molecular complexity index is 787. The molecule has 2 bridgehead atoms. The van der Waals surface area contributed by atoms with Gasteiger partial charge in [-0.05, 0) is 31.2 Å². The predicted molar refractivity (Wildman–Crippen MR) is 88.9 cm³/mol. The van der Waals surface area contributed by atoms with E-state index in [0.717, 1.165) is 0 Å². The lowest BCUT2D eigenvalue weighted by Gasteiger charge is -2.36. The summed E-state index contributed by atoms with van der Waals surface area (Å²) in [6.07, 6.45) is 2.64. The van der Waals surface area contributed by atoms with E-state index in [1.807, 2.05) is 0 Å². The normalized spacial score (nSPS) is 23.9. The van der Waals surface area contributed by atoms with Gasteiger partial charge in [0, 0.05) is 6.42 Å². The summed E-state index contributed by atoms with van der Waals surface area (Å²) in [4.78, 5) is 6.53. The molecule has 0 spiro atoms. The molecule has 0 amide bonds. The first-order valence-corrected chi connectivity index (χ1v) is 13.7.